The van der Waals surface area contributed by atoms with E-state index in [-0.39, 0.29) is 30.1 Å². The van der Waals surface area contributed by atoms with Crippen molar-refractivity contribution in [2.24, 2.45) is 0 Å². The zero-order valence-corrected chi connectivity index (χ0v) is 14.3. The fourth-order valence-corrected chi connectivity index (χ4v) is 4.74. The van der Waals surface area contributed by atoms with Crippen molar-refractivity contribution >= 4 is 15.7 Å². The maximum atomic E-state index is 12.8. The number of aromatic nitrogens is 2. The topological polar surface area (TPSA) is 81.5 Å². The smallest absolute Gasteiger partial charge is 0.252 e. The summed E-state index contributed by atoms with van der Waals surface area (Å²) in [7, 11) is -3.15. The second-order valence-electron chi connectivity index (χ2n) is 6.30. The van der Waals surface area contributed by atoms with Crippen LogP contribution < -0.4 is 0 Å². The third-order valence-corrected chi connectivity index (χ3v) is 6.21. The number of hydrogen-bond acceptors (Lipinski definition) is 5. The summed E-state index contributed by atoms with van der Waals surface area (Å²) in [5.41, 5.74) is 0.773. The maximum absolute atomic E-state index is 12.8. The van der Waals surface area contributed by atoms with E-state index in [4.69, 9.17) is 4.74 Å². The van der Waals surface area contributed by atoms with Crippen molar-refractivity contribution in [2.75, 3.05) is 18.1 Å². The minimum Gasteiger partial charge on any atom is -0.365 e. The standard InChI is InChI=1S/C15H23N3O4S/c1-3-17-9-12(8-16-17)13-10-23(20,21)7-6-18(13)15(19)14-5-4-11(2)22-14/h8-9,11,13-14H,3-7,10H2,1-2H3/t11-,13-,14-/m0/s1. The zero-order chi connectivity index (χ0) is 16.6. The fourth-order valence-electron chi connectivity index (χ4n) is 3.24. The van der Waals surface area contributed by atoms with Crippen molar-refractivity contribution in [1.29, 1.82) is 0 Å². The summed E-state index contributed by atoms with van der Waals surface area (Å²) >= 11 is 0. The molecule has 0 N–H and O–H groups in total. The van der Waals surface area contributed by atoms with Crippen LogP contribution in [0.1, 0.15) is 38.3 Å². The zero-order valence-electron chi connectivity index (χ0n) is 13.5. The first-order valence-electron chi connectivity index (χ1n) is 8.08. The quantitative estimate of drug-likeness (QED) is 0.811. The average Bonchev–Trinajstić information content (AvgIpc) is 3.14. The number of ether oxygens (including phenoxy) is 1. The van der Waals surface area contributed by atoms with E-state index < -0.39 is 22.0 Å². The third kappa shape index (κ3) is 3.42. The minimum absolute atomic E-state index is 0.0133. The van der Waals surface area contributed by atoms with Gasteiger partial charge in [0.05, 0.1) is 29.8 Å². The van der Waals surface area contributed by atoms with E-state index in [2.05, 4.69) is 5.10 Å². The van der Waals surface area contributed by atoms with Crippen molar-refractivity contribution in [1.82, 2.24) is 14.7 Å². The highest BCUT2D eigenvalue weighted by Crippen LogP contribution is 2.30. The van der Waals surface area contributed by atoms with Gasteiger partial charge in [0, 0.05) is 24.8 Å². The first kappa shape index (κ1) is 16.4. The number of aryl methyl sites for hydroxylation is 1. The van der Waals surface area contributed by atoms with Crippen LogP contribution in [0.3, 0.4) is 0 Å². The molecule has 0 spiro atoms. The normalized spacial score (nSPS) is 30.5. The van der Waals surface area contributed by atoms with Crippen LogP contribution in [0.15, 0.2) is 12.4 Å². The number of carbonyl (C=O) groups is 1. The number of rotatable bonds is 3. The van der Waals surface area contributed by atoms with E-state index in [0.717, 1.165) is 12.0 Å². The molecule has 0 bridgehead atoms. The Balaban J connectivity index is 1.85. The highest BCUT2D eigenvalue weighted by Gasteiger charge is 2.40. The number of sulfone groups is 1. The second-order valence-corrected chi connectivity index (χ2v) is 8.53. The lowest BCUT2D eigenvalue weighted by atomic mass is 10.1. The summed E-state index contributed by atoms with van der Waals surface area (Å²) < 4.78 is 31.5. The van der Waals surface area contributed by atoms with Gasteiger partial charge in [-0.2, -0.15) is 5.10 Å². The number of carbonyl (C=O) groups excluding carboxylic acids is 1. The van der Waals surface area contributed by atoms with E-state index >= 15 is 0 Å². The van der Waals surface area contributed by atoms with E-state index in [0.29, 0.717) is 13.0 Å². The minimum atomic E-state index is -3.15. The monoisotopic (exact) mass is 341 g/mol. The molecule has 2 saturated heterocycles. The van der Waals surface area contributed by atoms with Crippen molar-refractivity contribution < 1.29 is 17.9 Å². The second kappa shape index (κ2) is 6.24. The van der Waals surface area contributed by atoms with Crippen LogP contribution in [0.4, 0.5) is 0 Å². The van der Waals surface area contributed by atoms with Gasteiger partial charge >= 0.3 is 0 Å². The first-order chi connectivity index (χ1) is 10.9. The van der Waals surface area contributed by atoms with Crippen LogP contribution in [-0.2, 0) is 25.9 Å². The molecule has 1 aromatic rings. The molecule has 1 amide bonds. The van der Waals surface area contributed by atoms with Gasteiger partial charge in [0.1, 0.15) is 6.10 Å². The van der Waals surface area contributed by atoms with Crippen molar-refractivity contribution in [2.45, 2.75) is 51.5 Å². The lowest BCUT2D eigenvalue weighted by molar-refractivity contribution is -0.144. The van der Waals surface area contributed by atoms with Crippen molar-refractivity contribution in [3.8, 4) is 0 Å². The van der Waals surface area contributed by atoms with Gasteiger partial charge in [-0.3, -0.25) is 9.48 Å². The Morgan fingerprint density at radius 1 is 1.43 bits per heavy atom. The molecule has 3 heterocycles. The van der Waals surface area contributed by atoms with Crippen LogP contribution in [0, 0.1) is 0 Å². The van der Waals surface area contributed by atoms with E-state index in [1.54, 1.807) is 15.8 Å². The van der Waals surface area contributed by atoms with Crippen LogP contribution >= 0.6 is 0 Å². The van der Waals surface area contributed by atoms with E-state index in [1.165, 1.54) is 0 Å². The molecule has 3 atom stereocenters. The summed E-state index contributed by atoms with van der Waals surface area (Å²) in [6.45, 7) is 4.84. The van der Waals surface area contributed by atoms with Gasteiger partial charge in [-0.25, -0.2) is 8.42 Å². The van der Waals surface area contributed by atoms with E-state index in [9.17, 15) is 13.2 Å². The van der Waals surface area contributed by atoms with Gasteiger partial charge < -0.3 is 9.64 Å². The molecule has 23 heavy (non-hydrogen) atoms. The summed E-state index contributed by atoms with van der Waals surface area (Å²) in [6.07, 6.45) is 4.68. The van der Waals surface area contributed by atoms with Crippen LogP contribution in [0.25, 0.3) is 0 Å². The highest BCUT2D eigenvalue weighted by molar-refractivity contribution is 7.91. The Labute approximate surface area is 136 Å². The van der Waals surface area contributed by atoms with Gasteiger partial charge in [0.2, 0.25) is 0 Å². The van der Waals surface area contributed by atoms with Crippen LogP contribution in [0.2, 0.25) is 0 Å². The van der Waals surface area contributed by atoms with E-state index in [1.807, 2.05) is 20.0 Å². The molecular formula is C15H23N3O4S. The highest BCUT2D eigenvalue weighted by atomic mass is 32.2. The van der Waals surface area contributed by atoms with Crippen LogP contribution in [0.5, 0.6) is 0 Å². The molecule has 2 fully saturated rings. The van der Waals surface area contributed by atoms with Crippen molar-refractivity contribution in [3.05, 3.63) is 18.0 Å². The molecule has 1 aromatic heterocycles. The number of amides is 1. The molecule has 0 aromatic carbocycles. The fraction of sp³-hybridized carbons (Fsp3) is 0.733. The summed E-state index contributed by atoms with van der Waals surface area (Å²) in [6, 6.07) is -0.471. The molecule has 0 radical (unpaired) electrons. The van der Waals surface area contributed by atoms with Crippen molar-refractivity contribution in [3.63, 3.8) is 0 Å². The molecule has 7 nitrogen and oxygen atoms in total. The largest absolute Gasteiger partial charge is 0.365 e. The average molecular weight is 341 g/mol. The van der Waals surface area contributed by atoms with Gasteiger partial charge in [-0.1, -0.05) is 0 Å². The SMILES string of the molecule is CCn1cc([C@@H]2CS(=O)(=O)CCN2C(=O)[C@@H]2CC[C@H](C)O2)cn1. The molecule has 0 saturated carbocycles. The van der Waals surface area contributed by atoms with Gasteiger partial charge in [0.15, 0.2) is 9.84 Å². The third-order valence-electron chi connectivity index (χ3n) is 4.58. The molecule has 3 rings (SSSR count). The Morgan fingerprint density at radius 3 is 2.83 bits per heavy atom. The Kier molecular flexibility index (Phi) is 4.46. The number of hydrogen-bond donors (Lipinski definition) is 0. The molecule has 2 aliphatic rings. The molecule has 0 aliphatic carbocycles. The molecule has 0 unspecified atom stereocenters. The van der Waals surface area contributed by atoms with Gasteiger partial charge in [-0.15, -0.1) is 0 Å². The Hall–Kier alpha value is -1.41. The maximum Gasteiger partial charge on any atom is 0.252 e. The summed E-state index contributed by atoms with van der Waals surface area (Å²) in [5.74, 6) is -0.131. The summed E-state index contributed by atoms with van der Waals surface area (Å²) in [4.78, 5) is 14.5. The lowest BCUT2D eigenvalue weighted by Crippen LogP contribution is -2.49. The Morgan fingerprint density at radius 2 is 2.22 bits per heavy atom. The molecular weight excluding hydrogens is 318 g/mol. The lowest BCUT2D eigenvalue weighted by Gasteiger charge is -2.36. The van der Waals surface area contributed by atoms with Gasteiger partial charge in [0.25, 0.3) is 5.91 Å². The van der Waals surface area contributed by atoms with Crippen LogP contribution in [-0.4, -0.2) is 59.3 Å². The Bertz CT molecular complexity index is 685. The predicted molar refractivity (Wildman–Crippen MR) is 84.6 cm³/mol. The summed E-state index contributed by atoms with van der Waals surface area (Å²) in [5, 5.41) is 4.21. The molecule has 2 aliphatic heterocycles. The first-order valence-corrected chi connectivity index (χ1v) is 9.90. The van der Waals surface area contributed by atoms with Gasteiger partial charge in [-0.05, 0) is 26.7 Å². The molecule has 128 valence electrons. The predicted octanol–water partition coefficient (Wildman–Crippen LogP) is 0.769. The molecule has 8 heteroatoms. The number of nitrogens with zero attached hydrogens (tertiary/aromatic N) is 3.